The number of benzene rings is 2. The minimum absolute atomic E-state index is 0.0698. The highest BCUT2D eigenvalue weighted by Gasteiger charge is 2.27. The maximum absolute atomic E-state index is 13.5. The third-order valence-electron chi connectivity index (χ3n) is 3.95. The van der Waals surface area contributed by atoms with Gasteiger partial charge < -0.3 is 15.2 Å². The molecule has 4 nitrogen and oxygen atoms in total. The van der Waals surface area contributed by atoms with Gasteiger partial charge >= 0.3 is 0 Å². The Morgan fingerprint density at radius 2 is 1.96 bits per heavy atom. The first-order valence-corrected chi connectivity index (χ1v) is 7.74. The summed E-state index contributed by atoms with van der Waals surface area (Å²) in [5.41, 5.74) is 0.142. The molecular weight excluding hydrogens is 309 g/mol. The number of rotatable bonds is 6. The molecule has 2 atom stereocenters. The lowest BCUT2D eigenvalue weighted by atomic mass is 9.92. The van der Waals surface area contributed by atoms with E-state index in [0.29, 0.717) is 5.56 Å². The molecule has 2 unspecified atom stereocenters. The molecule has 0 aliphatic heterocycles. The quantitative estimate of drug-likeness (QED) is 0.854. The van der Waals surface area contributed by atoms with Crippen LogP contribution in [0.3, 0.4) is 0 Å². The zero-order valence-electron chi connectivity index (χ0n) is 14.0. The number of amides is 1. The van der Waals surface area contributed by atoms with Crippen LogP contribution in [-0.4, -0.2) is 18.1 Å². The molecule has 24 heavy (non-hydrogen) atoms. The molecule has 2 aromatic carbocycles. The van der Waals surface area contributed by atoms with Crippen LogP contribution in [0.5, 0.6) is 5.75 Å². The first-order chi connectivity index (χ1) is 11.3. The second kappa shape index (κ2) is 7.45. The van der Waals surface area contributed by atoms with Crippen LogP contribution in [0.25, 0.3) is 0 Å². The number of nitrogens with one attached hydrogen (secondary N) is 1. The molecule has 2 rings (SSSR count). The van der Waals surface area contributed by atoms with Crippen LogP contribution >= 0.6 is 0 Å². The summed E-state index contributed by atoms with van der Waals surface area (Å²) in [5.74, 6) is -0.615. The largest absolute Gasteiger partial charge is 0.494 e. The Morgan fingerprint density at radius 1 is 1.29 bits per heavy atom. The lowest BCUT2D eigenvalue weighted by Gasteiger charge is -2.24. The van der Waals surface area contributed by atoms with E-state index in [4.69, 9.17) is 4.74 Å². The van der Waals surface area contributed by atoms with Gasteiger partial charge in [0.25, 0.3) is 0 Å². The highest BCUT2D eigenvalue weighted by Crippen LogP contribution is 2.26. The zero-order valence-corrected chi connectivity index (χ0v) is 14.0. The van der Waals surface area contributed by atoms with Gasteiger partial charge in [-0.05, 0) is 37.1 Å². The fourth-order valence-electron chi connectivity index (χ4n) is 2.53. The van der Waals surface area contributed by atoms with Gasteiger partial charge in [0.1, 0.15) is 0 Å². The van der Waals surface area contributed by atoms with E-state index in [1.807, 2.05) is 18.2 Å². The van der Waals surface area contributed by atoms with Gasteiger partial charge in [0.2, 0.25) is 5.91 Å². The number of ether oxygens (including phenoxy) is 1. The first kappa shape index (κ1) is 17.9. The van der Waals surface area contributed by atoms with Gasteiger partial charge in [-0.25, -0.2) is 4.39 Å². The summed E-state index contributed by atoms with van der Waals surface area (Å²) in [6.07, 6.45) is -0.0698. The Morgan fingerprint density at radius 3 is 2.58 bits per heavy atom. The smallest absolute Gasteiger partial charge is 0.223 e. The van der Waals surface area contributed by atoms with Gasteiger partial charge in [0.15, 0.2) is 11.6 Å². The van der Waals surface area contributed by atoms with Gasteiger partial charge in [-0.3, -0.25) is 4.79 Å². The van der Waals surface area contributed by atoms with E-state index in [2.05, 4.69) is 5.32 Å². The van der Waals surface area contributed by atoms with Gasteiger partial charge in [-0.1, -0.05) is 36.4 Å². The normalized spacial score (nSPS) is 14.5. The lowest BCUT2D eigenvalue weighted by Crippen LogP contribution is -2.34. The Kier molecular flexibility index (Phi) is 5.57. The van der Waals surface area contributed by atoms with Crippen molar-refractivity contribution in [3.05, 3.63) is 65.5 Å². The number of hydrogen-bond donors (Lipinski definition) is 2. The molecule has 1 amide bonds. The third-order valence-corrected chi connectivity index (χ3v) is 3.95. The fraction of sp³-hybridized carbons (Fsp3) is 0.316. The number of carbonyl (C=O) groups excluding carboxylic acids is 1. The van der Waals surface area contributed by atoms with Crippen molar-refractivity contribution in [2.45, 2.75) is 31.9 Å². The maximum Gasteiger partial charge on any atom is 0.223 e. The average molecular weight is 331 g/mol. The molecule has 5 heteroatoms. The maximum atomic E-state index is 13.5. The van der Waals surface area contributed by atoms with Crippen molar-refractivity contribution in [3.63, 3.8) is 0 Å². The molecule has 0 fully saturated rings. The summed E-state index contributed by atoms with van der Waals surface area (Å²) in [5, 5.41) is 13.3. The molecule has 0 saturated heterocycles. The molecule has 2 N–H and O–H groups in total. The number of halogens is 1. The van der Waals surface area contributed by atoms with Gasteiger partial charge in [0.05, 0.1) is 25.2 Å². The second-order valence-electron chi connectivity index (χ2n) is 6.00. The third kappa shape index (κ3) is 4.32. The standard InChI is InChI=1S/C19H22FNO3/c1-13(14-9-10-16(20)17(11-14)24-3)21-18(22)12-19(2,23)15-7-5-4-6-8-15/h4-11,13,23H,12H2,1-3H3,(H,21,22). The van der Waals surface area contributed by atoms with E-state index >= 15 is 0 Å². The summed E-state index contributed by atoms with van der Waals surface area (Å²) in [7, 11) is 1.39. The minimum Gasteiger partial charge on any atom is -0.494 e. The predicted octanol–water partition coefficient (Wildman–Crippen LogP) is 3.31. The first-order valence-electron chi connectivity index (χ1n) is 7.74. The SMILES string of the molecule is COc1cc(C(C)NC(=O)CC(C)(O)c2ccccc2)ccc1F. The van der Waals surface area contributed by atoms with Crippen LogP contribution in [0.1, 0.15) is 37.4 Å². The Bertz CT molecular complexity index is 701. The number of hydrogen-bond acceptors (Lipinski definition) is 3. The molecule has 0 aromatic heterocycles. The van der Waals surface area contributed by atoms with E-state index in [-0.39, 0.29) is 24.1 Å². The lowest BCUT2D eigenvalue weighted by molar-refractivity contribution is -0.126. The molecule has 0 heterocycles. The fourth-order valence-corrected chi connectivity index (χ4v) is 2.53. The zero-order chi connectivity index (χ0) is 17.7. The monoisotopic (exact) mass is 331 g/mol. The van der Waals surface area contributed by atoms with Crippen molar-refractivity contribution in [2.24, 2.45) is 0 Å². The van der Waals surface area contributed by atoms with E-state index in [1.54, 1.807) is 38.1 Å². The number of carbonyl (C=O) groups is 1. The van der Waals surface area contributed by atoms with Crippen LogP contribution in [0.2, 0.25) is 0 Å². The van der Waals surface area contributed by atoms with E-state index < -0.39 is 11.4 Å². The van der Waals surface area contributed by atoms with Gasteiger partial charge in [-0.15, -0.1) is 0 Å². The molecule has 0 aliphatic carbocycles. The minimum atomic E-state index is -1.26. The van der Waals surface area contributed by atoms with E-state index in [1.165, 1.54) is 13.2 Å². The van der Waals surface area contributed by atoms with Crippen molar-refractivity contribution >= 4 is 5.91 Å². The molecule has 0 aliphatic rings. The molecule has 0 saturated carbocycles. The average Bonchev–Trinajstić information content (AvgIpc) is 2.55. The van der Waals surface area contributed by atoms with Crippen molar-refractivity contribution in [1.29, 1.82) is 0 Å². The van der Waals surface area contributed by atoms with Crippen LogP contribution in [0.4, 0.5) is 4.39 Å². The predicted molar refractivity (Wildman–Crippen MR) is 90.1 cm³/mol. The number of aliphatic hydroxyl groups is 1. The summed E-state index contributed by atoms with van der Waals surface area (Å²) in [6, 6.07) is 13.2. The molecular formula is C19H22FNO3. The van der Waals surface area contributed by atoms with Crippen molar-refractivity contribution < 1.29 is 19.0 Å². The second-order valence-corrected chi connectivity index (χ2v) is 6.00. The molecule has 0 spiro atoms. The molecule has 0 bridgehead atoms. The Balaban J connectivity index is 2.04. The highest BCUT2D eigenvalue weighted by atomic mass is 19.1. The van der Waals surface area contributed by atoms with Gasteiger partial charge in [-0.2, -0.15) is 0 Å². The topological polar surface area (TPSA) is 58.6 Å². The Hall–Kier alpha value is -2.40. The van der Waals surface area contributed by atoms with Crippen LogP contribution in [-0.2, 0) is 10.4 Å². The summed E-state index contributed by atoms with van der Waals surface area (Å²) in [6.45, 7) is 3.40. The van der Waals surface area contributed by atoms with E-state index in [9.17, 15) is 14.3 Å². The van der Waals surface area contributed by atoms with Crippen molar-refractivity contribution in [1.82, 2.24) is 5.32 Å². The number of methoxy groups -OCH3 is 1. The molecule has 2 aromatic rings. The van der Waals surface area contributed by atoms with Gasteiger partial charge in [0, 0.05) is 0 Å². The van der Waals surface area contributed by atoms with Crippen LogP contribution in [0.15, 0.2) is 48.5 Å². The Labute approximate surface area is 141 Å². The van der Waals surface area contributed by atoms with E-state index in [0.717, 1.165) is 5.56 Å². The van der Waals surface area contributed by atoms with Crippen LogP contribution < -0.4 is 10.1 Å². The molecule has 0 radical (unpaired) electrons. The highest BCUT2D eigenvalue weighted by molar-refractivity contribution is 5.77. The summed E-state index contributed by atoms with van der Waals surface area (Å²) >= 11 is 0. The molecule has 128 valence electrons. The van der Waals surface area contributed by atoms with Crippen molar-refractivity contribution in [3.8, 4) is 5.75 Å². The van der Waals surface area contributed by atoms with Crippen LogP contribution in [0, 0.1) is 5.82 Å². The summed E-state index contributed by atoms with van der Waals surface area (Å²) < 4.78 is 18.4. The summed E-state index contributed by atoms with van der Waals surface area (Å²) in [4.78, 5) is 12.3. The van der Waals surface area contributed by atoms with Crippen molar-refractivity contribution in [2.75, 3.05) is 7.11 Å².